The van der Waals surface area contributed by atoms with Crippen molar-refractivity contribution in [3.05, 3.63) is 54.1 Å². The zero-order chi connectivity index (χ0) is 20.8. The second-order valence-corrected chi connectivity index (χ2v) is 8.04. The third-order valence-electron chi connectivity index (χ3n) is 5.77. The lowest BCUT2D eigenvalue weighted by Gasteiger charge is -2.22. The first-order chi connectivity index (χ1) is 14.8. The van der Waals surface area contributed by atoms with E-state index in [4.69, 9.17) is 9.47 Å². The molecular formula is C24H33IN4O2. The minimum absolute atomic E-state index is 0. The normalized spacial score (nSPS) is 18.3. The Hall–Kier alpha value is -2.16. The Morgan fingerprint density at radius 1 is 1.06 bits per heavy atom. The molecule has 4 rings (SSSR count). The van der Waals surface area contributed by atoms with Crippen molar-refractivity contribution in [1.82, 2.24) is 10.6 Å². The third-order valence-corrected chi connectivity index (χ3v) is 5.77. The first kappa shape index (κ1) is 23.5. The zero-order valence-electron chi connectivity index (χ0n) is 18.3. The smallest absolute Gasteiger partial charge is 0.191 e. The summed E-state index contributed by atoms with van der Waals surface area (Å²) in [5.41, 5.74) is 2.30. The van der Waals surface area contributed by atoms with Gasteiger partial charge in [-0.1, -0.05) is 30.3 Å². The first-order valence-electron chi connectivity index (χ1n) is 10.8. The quantitative estimate of drug-likeness (QED) is 0.303. The Kier molecular flexibility index (Phi) is 8.69. The highest BCUT2D eigenvalue weighted by atomic mass is 127. The fourth-order valence-corrected chi connectivity index (χ4v) is 3.84. The topological polar surface area (TPSA) is 58.1 Å². The molecule has 0 spiro atoms. The van der Waals surface area contributed by atoms with Crippen LogP contribution >= 0.6 is 24.0 Å². The van der Waals surface area contributed by atoms with Crippen LogP contribution in [0.3, 0.4) is 0 Å². The number of ether oxygens (including phenoxy) is 2. The number of nitrogens with zero attached hydrogens (tertiary/aromatic N) is 2. The second-order valence-electron chi connectivity index (χ2n) is 8.04. The number of hydrogen-bond acceptors (Lipinski definition) is 4. The van der Waals surface area contributed by atoms with E-state index in [1.54, 1.807) is 7.11 Å². The van der Waals surface area contributed by atoms with Crippen LogP contribution in [0, 0.1) is 5.92 Å². The molecule has 0 bridgehead atoms. The SMILES string of the molecule is CN=C(NCc1ccccc1OCC1CC1)NC1CCN(c2ccccc2OC)C1.I. The lowest BCUT2D eigenvalue weighted by atomic mass is 10.2. The molecule has 1 atom stereocenters. The van der Waals surface area contributed by atoms with Gasteiger partial charge in [0.15, 0.2) is 5.96 Å². The van der Waals surface area contributed by atoms with E-state index in [0.29, 0.717) is 12.6 Å². The average molecular weight is 536 g/mol. The maximum Gasteiger partial charge on any atom is 0.191 e. The summed E-state index contributed by atoms with van der Waals surface area (Å²) in [6, 6.07) is 16.8. The predicted molar refractivity (Wildman–Crippen MR) is 137 cm³/mol. The summed E-state index contributed by atoms with van der Waals surface area (Å²) in [7, 11) is 3.54. The van der Waals surface area contributed by atoms with Gasteiger partial charge in [0.1, 0.15) is 11.5 Å². The molecule has 1 saturated heterocycles. The fraction of sp³-hybridized carbons (Fsp3) is 0.458. The van der Waals surface area contributed by atoms with Crippen molar-refractivity contribution in [3.8, 4) is 11.5 Å². The highest BCUT2D eigenvalue weighted by molar-refractivity contribution is 14.0. The molecule has 0 radical (unpaired) electrons. The molecule has 0 aromatic heterocycles. The van der Waals surface area contributed by atoms with Gasteiger partial charge in [0.2, 0.25) is 0 Å². The van der Waals surface area contributed by atoms with Crippen molar-refractivity contribution in [1.29, 1.82) is 0 Å². The van der Waals surface area contributed by atoms with Crippen LogP contribution in [0.2, 0.25) is 0 Å². The molecule has 168 valence electrons. The molecule has 2 N–H and O–H groups in total. The minimum Gasteiger partial charge on any atom is -0.495 e. The van der Waals surface area contributed by atoms with E-state index in [2.05, 4.69) is 50.9 Å². The summed E-state index contributed by atoms with van der Waals surface area (Å²) in [6.07, 6.45) is 3.65. The number of rotatable bonds is 8. The first-order valence-corrected chi connectivity index (χ1v) is 10.8. The molecule has 1 aliphatic heterocycles. The number of nitrogens with one attached hydrogen (secondary N) is 2. The van der Waals surface area contributed by atoms with E-state index in [1.807, 2.05) is 25.2 Å². The number of guanidine groups is 1. The molecule has 2 aromatic rings. The van der Waals surface area contributed by atoms with Crippen molar-refractivity contribution in [2.45, 2.75) is 31.8 Å². The highest BCUT2D eigenvalue weighted by Crippen LogP contribution is 2.31. The molecule has 1 saturated carbocycles. The van der Waals surface area contributed by atoms with Crippen LogP contribution in [0.25, 0.3) is 0 Å². The summed E-state index contributed by atoms with van der Waals surface area (Å²) < 4.78 is 11.5. The monoisotopic (exact) mass is 536 g/mol. The van der Waals surface area contributed by atoms with Crippen molar-refractivity contribution >= 4 is 35.6 Å². The van der Waals surface area contributed by atoms with Gasteiger partial charge in [-0.3, -0.25) is 4.99 Å². The van der Waals surface area contributed by atoms with Gasteiger partial charge in [-0.2, -0.15) is 0 Å². The van der Waals surface area contributed by atoms with E-state index in [0.717, 1.165) is 60.7 Å². The second kappa shape index (κ2) is 11.5. The number of halogens is 1. The molecule has 2 aliphatic rings. The van der Waals surface area contributed by atoms with Gasteiger partial charge in [0, 0.05) is 38.3 Å². The summed E-state index contributed by atoms with van der Waals surface area (Å²) in [6.45, 7) is 3.42. The summed E-state index contributed by atoms with van der Waals surface area (Å²) in [5, 5.41) is 7.02. The maximum absolute atomic E-state index is 6.03. The van der Waals surface area contributed by atoms with Gasteiger partial charge < -0.3 is 25.0 Å². The molecule has 1 heterocycles. The molecule has 1 unspecified atom stereocenters. The van der Waals surface area contributed by atoms with E-state index >= 15 is 0 Å². The molecule has 7 heteroatoms. The van der Waals surface area contributed by atoms with Gasteiger partial charge in [-0.05, 0) is 43.4 Å². The largest absolute Gasteiger partial charge is 0.495 e. The number of benzene rings is 2. The standard InChI is InChI=1S/C24H32N4O2.HI/c1-25-24(26-15-19-7-3-5-9-22(19)30-17-18-11-12-18)27-20-13-14-28(16-20)21-8-4-6-10-23(21)29-2;/h3-10,18,20H,11-17H2,1-2H3,(H2,25,26,27);1H. The Labute approximate surface area is 202 Å². The molecule has 0 amide bonds. The Bertz CT molecular complexity index is 872. The van der Waals surface area contributed by atoms with Crippen LogP contribution in [0.4, 0.5) is 5.69 Å². The number of aliphatic imine (C=N–C) groups is 1. The Morgan fingerprint density at radius 2 is 1.81 bits per heavy atom. The summed E-state index contributed by atoms with van der Waals surface area (Å²) in [4.78, 5) is 6.79. The van der Waals surface area contributed by atoms with E-state index in [-0.39, 0.29) is 24.0 Å². The van der Waals surface area contributed by atoms with Gasteiger partial charge >= 0.3 is 0 Å². The average Bonchev–Trinajstić information content (AvgIpc) is 3.51. The lowest BCUT2D eigenvalue weighted by molar-refractivity contribution is 0.296. The van der Waals surface area contributed by atoms with Crippen LogP contribution in [0.15, 0.2) is 53.5 Å². The van der Waals surface area contributed by atoms with Crippen LogP contribution in [-0.2, 0) is 6.54 Å². The zero-order valence-corrected chi connectivity index (χ0v) is 20.7. The van der Waals surface area contributed by atoms with E-state index in [9.17, 15) is 0 Å². The molecule has 6 nitrogen and oxygen atoms in total. The number of para-hydroxylation sites is 3. The highest BCUT2D eigenvalue weighted by Gasteiger charge is 2.25. The van der Waals surface area contributed by atoms with Gasteiger partial charge in [0.05, 0.1) is 19.4 Å². The van der Waals surface area contributed by atoms with Crippen molar-refractivity contribution < 1.29 is 9.47 Å². The Morgan fingerprint density at radius 3 is 2.55 bits per heavy atom. The minimum atomic E-state index is 0. The van der Waals surface area contributed by atoms with Crippen LogP contribution < -0.4 is 25.0 Å². The van der Waals surface area contributed by atoms with Crippen molar-refractivity contribution in [2.24, 2.45) is 10.9 Å². The van der Waals surface area contributed by atoms with Crippen LogP contribution in [-0.4, -0.2) is 45.9 Å². The third kappa shape index (κ3) is 6.41. The molecular weight excluding hydrogens is 503 g/mol. The predicted octanol–water partition coefficient (Wildman–Crippen LogP) is 4.05. The number of methoxy groups -OCH3 is 1. The number of anilines is 1. The van der Waals surface area contributed by atoms with Crippen molar-refractivity contribution in [3.63, 3.8) is 0 Å². The van der Waals surface area contributed by atoms with E-state index < -0.39 is 0 Å². The molecule has 31 heavy (non-hydrogen) atoms. The summed E-state index contributed by atoms with van der Waals surface area (Å²) in [5.74, 6) is 3.45. The van der Waals surface area contributed by atoms with Crippen LogP contribution in [0.1, 0.15) is 24.8 Å². The van der Waals surface area contributed by atoms with E-state index in [1.165, 1.54) is 12.8 Å². The fourth-order valence-electron chi connectivity index (χ4n) is 3.84. The maximum atomic E-state index is 6.03. The summed E-state index contributed by atoms with van der Waals surface area (Å²) >= 11 is 0. The van der Waals surface area contributed by atoms with Gasteiger partial charge in [-0.15, -0.1) is 24.0 Å². The number of hydrogen-bond donors (Lipinski definition) is 2. The van der Waals surface area contributed by atoms with Gasteiger partial charge in [0.25, 0.3) is 0 Å². The molecule has 1 aliphatic carbocycles. The molecule has 2 aromatic carbocycles. The Balaban J connectivity index is 0.00000272. The van der Waals surface area contributed by atoms with Gasteiger partial charge in [-0.25, -0.2) is 0 Å². The molecule has 2 fully saturated rings. The van der Waals surface area contributed by atoms with Crippen molar-refractivity contribution in [2.75, 3.05) is 38.8 Å². The lowest BCUT2D eigenvalue weighted by Crippen LogP contribution is -2.44. The van der Waals surface area contributed by atoms with Crippen LogP contribution in [0.5, 0.6) is 11.5 Å².